The fourth-order valence-corrected chi connectivity index (χ4v) is 2.19. The number of carbonyl (C=O) groups is 1. The van der Waals surface area contributed by atoms with Crippen molar-refractivity contribution in [1.29, 1.82) is 0 Å². The van der Waals surface area contributed by atoms with Gasteiger partial charge in [0, 0.05) is 26.2 Å². The molecule has 0 aromatic heterocycles. The van der Waals surface area contributed by atoms with Gasteiger partial charge in [0.2, 0.25) is 5.91 Å². The zero-order valence-corrected chi connectivity index (χ0v) is 10.5. The van der Waals surface area contributed by atoms with Crippen molar-refractivity contribution in [2.45, 2.75) is 26.7 Å². The van der Waals surface area contributed by atoms with Crippen molar-refractivity contribution in [3.8, 4) is 0 Å². The van der Waals surface area contributed by atoms with E-state index in [1.807, 2.05) is 4.90 Å². The molecular formula is C12H25N3O. The number of carbonyl (C=O) groups excluding carboxylic acids is 1. The van der Waals surface area contributed by atoms with Crippen LogP contribution in [-0.2, 0) is 4.79 Å². The molecule has 1 fully saturated rings. The van der Waals surface area contributed by atoms with Crippen LogP contribution in [0.25, 0.3) is 0 Å². The van der Waals surface area contributed by atoms with E-state index >= 15 is 0 Å². The summed E-state index contributed by atoms with van der Waals surface area (Å²) in [5.41, 5.74) is 5.70. The third-order valence-electron chi connectivity index (χ3n) is 3.04. The van der Waals surface area contributed by atoms with Crippen molar-refractivity contribution < 1.29 is 4.79 Å². The Morgan fingerprint density at radius 3 is 2.75 bits per heavy atom. The van der Waals surface area contributed by atoms with E-state index in [1.165, 1.54) is 0 Å². The summed E-state index contributed by atoms with van der Waals surface area (Å²) in [6.45, 7) is 8.38. The smallest absolute Gasteiger partial charge is 0.227 e. The molecule has 1 heterocycles. The van der Waals surface area contributed by atoms with E-state index in [9.17, 15) is 4.79 Å². The van der Waals surface area contributed by atoms with Crippen molar-refractivity contribution >= 4 is 5.91 Å². The largest absolute Gasteiger partial charge is 0.341 e. The Kier molecular flexibility index (Phi) is 5.77. The molecule has 4 nitrogen and oxygen atoms in total. The molecule has 1 atom stereocenters. The lowest BCUT2D eigenvalue weighted by atomic mass is 9.96. The van der Waals surface area contributed by atoms with Crippen molar-refractivity contribution in [1.82, 2.24) is 10.2 Å². The van der Waals surface area contributed by atoms with Gasteiger partial charge in [-0.1, -0.05) is 13.8 Å². The standard InChI is InChI=1S/C12H25N3O/c1-10(2)8-11(9-13)12(16)15-6-3-4-14-5-7-15/h10-11,14H,3-9,13H2,1-2H3. The molecule has 0 spiro atoms. The molecule has 1 saturated heterocycles. The lowest BCUT2D eigenvalue weighted by molar-refractivity contribution is -0.135. The second kappa shape index (κ2) is 6.86. The van der Waals surface area contributed by atoms with Crippen LogP contribution in [0.1, 0.15) is 26.7 Å². The van der Waals surface area contributed by atoms with Gasteiger partial charge in [0.15, 0.2) is 0 Å². The maximum atomic E-state index is 12.2. The molecule has 1 rings (SSSR count). The molecule has 1 unspecified atom stereocenters. The Hall–Kier alpha value is -0.610. The molecule has 0 radical (unpaired) electrons. The maximum absolute atomic E-state index is 12.2. The zero-order chi connectivity index (χ0) is 12.0. The van der Waals surface area contributed by atoms with E-state index in [0.717, 1.165) is 39.0 Å². The molecule has 0 saturated carbocycles. The summed E-state index contributed by atoms with van der Waals surface area (Å²) in [5, 5.41) is 3.30. The van der Waals surface area contributed by atoms with E-state index < -0.39 is 0 Å². The van der Waals surface area contributed by atoms with Crippen LogP contribution in [0, 0.1) is 11.8 Å². The van der Waals surface area contributed by atoms with Gasteiger partial charge in [0.05, 0.1) is 5.92 Å². The normalized spacial score (nSPS) is 19.6. The highest BCUT2D eigenvalue weighted by Crippen LogP contribution is 2.14. The number of nitrogens with one attached hydrogen (secondary N) is 1. The van der Waals surface area contributed by atoms with Crippen LogP contribution in [0.2, 0.25) is 0 Å². The van der Waals surface area contributed by atoms with Gasteiger partial charge in [-0.15, -0.1) is 0 Å². The first kappa shape index (κ1) is 13.5. The molecule has 0 aliphatic carbocycles. The van der Waals surface area contributed by atoms with Crippen molar-refractivity contribution in [2.75, 3.05) is 32.7 Å². The molecule has 0 aromatic rings. The molecule has 0 bridgehead atoms. The molecule has 3 N–H and O–H groups in total. The summed E-state index contributed by atoms with van der Waals surface area (Å²) in [4.78, 5) is 14.2. The highest BCUT2D eigenvalue weighted by molar-refractivity contribution is 5.79. The molecule has 1 aliphatic heterocycles. The summed E-state index contributed by atoms with van der Waals surface area (Å²) in [7, 11) is 0. The van der Waals surface area contributed by atoms with Gasteiger partial charge >= 0.3 is 0 Å². The van der Waals surface area contributed by atoms with Crippen LogP contribution in [0.15, 0.2) is 0 Å². The van der Waals surface area contributed by atoms with Crippen LogP contribution < -0.4 is 11.1 Å². The predicted molar refractivity (Wildman–Crippen MR) is 66.1 cm³/mol. The SMILES string of the molecule is CC(C)CC(CN)C(=O)N1CCCNCC1. The Balaban J connectivity index is 2.51. The molecule has 1 amide bonds. The number of nitrogens with zero attached hydrogens (tertiary/aromatic N) is 1. The fraction of sp³-hybridized carbons (Fsp3) is 0.917. The highest BCUT2D eigenvalue weighted by Gasteiger charge is 2.24. The summed E-state index contributed by atoms with van der Waals surface area (Å²) < 4.78 is 0. The zero-order valence-electron chi connectivity index (χ0n) is 10.5. The van der Waals surface area contributed by atoms with Gasteiger partial charge < -0.3 is 16.0 Å². The molecule has 4 heteroatoms. The Bertz CT molecular complexity index is 206. The van der Waals surface area contributed by atoms with Crippen LogP contribution in [-0.4, -0.2) is 43.5 Å². The van der Waals surface area contributed by atoms with Gasteiger partial charge in [-0.05, 0) is 25.3 Å². The second-order valence-corrected chi connectivity index (χ2v) is 4.99. The molecule has 94 valence electrons. The second-order valence-electron chi connectivity index (χ2n) is 4.99. The summed E-state index contributed by atoms with van der Waals surface area (Å²) in [5.74, 6) is 0.792. The van der Waals surface area contributed by atoms with Crippen molar-refractivity contribution in [3.63, 3.8) is 0 Å². The number of amides is 1. The Labute approximate surface area is 98.6 Å². The van der Waals surface area contributed by atoms with Gasteiger partial charge in [0.1, 0.15) is 0 Å². The third kappa shape index (κ3) is 4.10. The topological polar surface area (TPSA) is 58.4 Å². The Morgan fingerprint density at radius 2 is 2.12 bits per heavy atom. The van der Waals surface area contributed by atoms with Crippen molar-refractivity contribution in [2.24, 2.45) is 17.6 Å². The Morgan fingerprint density at radius 1 is 1.38 bits per heavy atom. The fourth-order valence-electron chi connectivity index (χ4n) is 2.19. The average Bonchev–Trinajstić information content (AvgIpc) is 2.53. The van der Waals surface area contributed by atoms with Crippen molar-refractivity contribution in [3.05, 3.63) is 0 Å². The molecular weight excluding hydrogens is 202 g/mol. The first-order chi connectivity index (χ1) is 7.65. The lowest BCUT2D eigenvalue weighted by Crippen LogP contribution is -2.41. The number of hydrogen-bond acceptors (Lipinski definition) is 3. The highest BCUT2D eigenvalue weighted by atomic mass is 16.2. The summed E-state index contributed by atoms with van der Waals surface area (Å²) >= 11 is 0. The van der Waals surface area contributed by atoms with Crippen LogP contribution >= 0.6 is 0 Å². The van der Waals surface area contributed by atoms with Gasteiger partial charge in [-0.2, -0.15) is 0 Å². The number of rotatable bonds is 4. The molecule has 16 heavy (non-hydrogen) atoms. The van der Waals surface area contributed by atoms with Crippen LogP contribution in [0.3, 0.4) is 0 Å². The minimum absolute atomic E-state index is 0.0121. The van der Waals surface area contributed by atoms with Crippen LogP contribution in [0.5, 0.6) is 0 Å². The maximum Gasteiger partial charge on any atom is 0.227 e. The quantitative estimate of drug-likeness (QED) is 0.732. The minimum Gasteiger partial charge on any atom is -0.341 e. The monoisotopic (exact) mass is 227 g/mol. The van der Waals surface area contributed by atoms with Gasteiger partial charge in [0.25, 0.3) is 0 Å². The van der Waals surface area contributed by atoms with E-state index in [-0.39, 0.29) is 11.8 Å². The van der Waals surface area contributed by atoms with E-state index in [4.69, 9.17) is 5.73 Å². The van der Waals surface area contributed by atoms with Crippen LogP contribution in [0.4, 0.5) is 0 Å². The number of nitrogens with two attached hydrogens (primary N) is 1. The van der Waals surface area contributed by atoms with Gasteiger partial charge in [-0.25, -0.2) is 0 Å². The third-order valence-corrected chi connectivity index (χ3v) is 3.04. The van der Waals surface area contributed by atoms with Gasteiger partial charge in [-0.3, -0.25) is 4.79 Å². The van der Waals surface area contributed by atoms with E-state index in [1.54, 1.807) is 0 Å². The first-order valence-electron chi connectivity index (χ1n) is 6.34. The molecule has 1 aliphatic rings. The summed E-state index contributed by atoms with van der Waals surface area (Å²) in [6, 6.07) is 0. The van der Waals surface area contributed by atoms with E-state index in [0.29, 0.717) is 12.5 Å². The average molecular weight is 227 g/mol. The minimum atomic E-state index is 0.0121. The first-order valence-corrected chi connectivity index (χ1v) is 6.34. The molecule has 0 aromatic carbocycles. The van der Waals surface area contributed by atoms with E-state index in [2.05, 4.69) is 19.2 Å². The predicted octanol–water partition coefficient (Wildman–Crippen LogP) is 0.429. The summed E-state index contributed by atoms with van der Waals surface area (Å²) in [6.07, 6.45) is 1.95. The number of hydrogen-bond donors (Lipinski definition) is 2. The lowest BCUT2D eigenvalue weighted by Gasteiger charge is -2.26.